The van der Waals surface area contributed by atoms with E-state index in [1.54, 1.807) is 0 Å². The first-order valence-electron chi connectivity index (χ1n) is 6.17. The zero-order valence-electron chi connectivity index (χ0n) is 10.9. The molecular formula is C14H15NO3S2. The van der Waals surface area contributed by atoms with Crippen molar-refractivity contribution in [3.8, 4) is 0 Å². The minimum Gasteiger partial charge on any atom is -0.481 e. The van der Waals surface area contributed by atoms with E-state index in [0.29, 0.717) is 0 Å². The first kappa shape index (κ1) is 14.7. The standard InChI is InChI=1S/C14H15NO3S2/c1-9(11-4-2-6-19-11)14(18)15-10(8-13(16)17)12-5-3-7-20-12/h2-7,9-10H,8H2,1H3,(H,15,18)(H,16,17)/t9-,10-/m0/s1. The van der Waals surface area contributed by atoms with Crippen LogP contribution in [0.25, 0.3) is 0 Å². The second-order valence-electron chi connectivity index (χ2n) is 4.41. The SMILES string of the molecule is C[C@H](C(=O)N[C@@H](CC(=O)O)c1cccs1)c1cccs1. The summed E-state index contributed by atoms with van der Waals surface area (Å²) in [5, 5.41) is 15.6. The Morgan fingerprint density at radius 2 is 1.80 bits per heavy atom. The van der Waals surface area contributed by atoms with Gasteiger partial charge in [0.25, 0.3) is 0 Å². The molecule has 2 N–H and O–H groups in total. The molecule has 2 heterocycles. The molecule has 0 aromatic carbocycles. The largest absolute Gasteiger partial charge is 0.481 e. The van der Waals surface area contributed by atoms with Crippen LogP contribution in [-0.4, -0.2) is 17.0 Å². The van der Waals surface area contributed by atoms with Crippen molar-refractivity contribution in [3.05, 3.63) is 44.8 Å². The lowest BCUT2D eigenvalue weighted by molar-refractivity contribution is -0.137. The number of rotatable bonds is 6. The minimum atomic E-state index is -0.924. The van der Waals surface area contributed by atoms with Crippen molar-refractivity contribution in [1.82, 2.24) is 5.32 Å². The molecule has 2 atom stereocenters. The summed E-state index contributed by atoms with van der Waals surface area (Å²) in [6.45, 7) is 1.83. The van der Waals surface area contributed by atoms with Crippen molar-refractivity contribution >= 4 is 34.6 Å². The Morgan fingerprint density at radius 3 is 2.30 bits per heavy atom. The molecule has 0 aliphatic heterocycles. The van der Waals surface area contributed by atoms with Gasteiger partial charge in [-0.25, -0.2) is 0 Å². The van der Waals surface area contributed by atoms with Crippen molar-refractivity contribution in [2.75, 3.05) is 0 Å². The third kappa shape index (κ3) is 3.68. The van der Waals surface area contributed by atoms with Crippen LogP contribution in [0.5, 0.6) is 0 Å². The van der Waals surface area contributed by atoms with Gasteiger partial charge in [0, 0.05) is 9.75 Å². The second-order valence-corrected chi connectivity index (χ2v) is 6.37. The monoisotopic (exact) mass is 309 g/mol. The maximum atomic E-state index is 12.2. The van der Waals surface area contributed by atoms with Crippen LogP contribution >= 0.6 is 22.7 Å². The summed E-state index contributed by atoms with van der Waals surface area (Å²) in [5.41, 5.74) is 0. The maximum Gasteiger partial charge on any atom is 0.305 e. The van der Waals surface area contributed by atoms with Gasteiger partial charge < -0.3 is 10.4 Å². The number of nitrogens with one attached hydrogen (secondary N) is 1. The smallest absolute Gasteiger partial charge is 0.305 e. The summed E-state index contributed by atoms with van der Waals surface area (Å²) in [6, 6.07) is 7.03. The molecular weight excluding hydrogens is 294 g/mol. The summed E-state index contributed by atoms with van der Waals surface area (Å²) >= 11 is 2.97. The van der Waals surface area contributed by atoms with Crippen LogP contribution in [0.2, 0.25) is 0 Å². The topological polar surface area (TPSA) is 66.4 Å². The Labute approximate surface area is 125 Å². The number of carboxylic acid groups (broad SMARTS) is 1. The maximum absolute atomic E-state index is 12.2. The zero-order chi connectivity index (χ0) is 14.5. The summed E-state index contributed by atoms with van der Waals surface area (Å²) in [5.74, 6) is -1.34. The highest BCUT2D eigenvalue weighted by molar-refractivity contribution is 7.10. The lowest BCUT2D eigenvalue weighted by Crippen LogP contribution is -2.32. The van der Waals surface area contributed by atoms with Crippen molar-refractivity contribution in [1.29, 1.82) is 0 Å². The lowest BCUT2D eigenvalue weighted by Gasteiger charge is -2.18. The van der Waals surface area contributed by atoms with Crippen LogP contribution in [0.4, 0.5) is 0 Å². The molecule has 0 radical (unpaired) electrons. The summed E-state index contributed by atoms with van der Waals surface area (Å²) in [7, 11) is 0. The van der Waals surface area contributed by atoms with Gasteiger partial charge in [-0.15, -0.1) is 22.7 Å². The summed E-state index contributed by atoms with van der Waals surface area (Å²) in [4.78, 5) is 25.0. The van der Waals surface area contributed by atoms with E-state index in [1.165, 1.54) is 22.7 Å². The van der Waals surface area contributed by atoms with E-state index in [2.05, 4.69) is 5.32 Å². The quantitative estimate of drug-likeness (QED) is 0.861. The molecule has 6 heteroatoms. The van der Waals surface area contributed by atoms with Crippen LogP contribution in [0.15, 0.2) is 35.0 Å². The van der Waals surface area contributed by atoms with Crippen molar-refractivity contribution in [2.24, 2.45) is 0 Å². The van der Waals surface area contributed by atoms with E-state index in [9.17, 15) is 9.59 Å². The molecule has 0 aliphatic rings. The number of thiophene rings is 2. The second kappa shape index (κ2) is 6.67. The fraction of sp³-hybridized carbons (Fsp3) is 0.286. The zero-order valence-corrected chi connectivity index (χ0v) is 12.5. The number of carboxylic acids is 1. The predicted molar refractivity (Wildman–Crippen MR) is 80.2 cm³/mol. The molecule has 0 saturated heterocycles. The van der Waals surface area contributed by atoms with Crippen LogP contribution in [0.1, 0.15) is 35.1 Å². The molecule has 2 aromatic heterocycles. The number of carbonyl (C=O) groups excluding carboxylic acids is 1. The molecule has 2 aromatic rings. The molecule has 2 rings (SSSR count). The Bertz CT molecular complexity index is 563. The average molecular weight is 309 g/mol. The van der Waals surface area contributed by atoms with Crippen LogP contribution < -0.4 is 5.32 Å². The Hall–Kier alpha value is -1.66. The number of amides is 1. The van der Waals surface area contributed by atoms with Gasteiger partial charge in [0.15, 0.2) is 0 Å². The molecule has 106 valence electrons. The predicted octanol–water partition coefficient (Wildman–Crippen LogP) is 3.25. The highest BCUT2D eigenvalue weighted by Gasteiger charge is 2.23. The van der Waals surface area contributed by atoms with Gasteiger partial charge in [-0.3, -0.25) is 9.59 Å². The Balaban J connectivity index is 2.07. The Morgan fingerprint density at radius 1 is 1.20 bits per heavy atom. The fourth-order valence-electron chi connectivity index (χ4n) is 1.85. The number of hydrogen-bond acceptors (Lipinski definition) is 4. The fourth-order valence-corrected chi connectivity index (χ4v) is 3.41. The van der Waals surface area contributed by atoms with Gasteiger partial charge in [0.2, 0.25) is 5.91 Å². The van der Waals surface area contributed by atoms with Gasteiger partial charge in [-0.1, -0.05) is 12.1 Å². The Kier molecular flexibility index (Phi) is 4.92. The first-order chi connectivity index (χ1) is 9.58. The van der Waals surface area contributed by atoms with E-state index in [0.717, 1.165) is 9.75 Å². The van der Waals surface area contributed by atoms with E-state index >= 15 is 0 Å². The molecule has 4 nitrogen and oxygen atoms in total. The molecule has 0 unspecified atom stereocenters. The van der Waals surface area contributed by atoms with Crippen LogP contribution in [0, 0.1) is 0 Å². The lowest BCUT2D eigenvalue weighted by atomic mass is 10.1. The van der Waals surface area contributed by atoms with Gasteiger partial charge in [-0.2, -0.15) is 0 Å². The molecule has 1 amide bonds. The van der Waals surface area contributed by atoms with Gasteiger partial charge in [-0.05, 0) is 29.8 Å². The van der Waals surface area contributed by atoms with E-state index < -0.39 is 12.0 Å². The molecule has 0 bridgehead atoms. The molecule has 20 heavy (non-hydrogen) atoms. The highest BCUT2D eigenvalue weighted by atomic mass is 32.1. The highest BCUT2D eigenvalue weighted by Crippen LogP contribution is 2.25. The van der Waals surface area contributed by atoms with E-state index in [1.807, 2.05) is 41.9 Å². The number of hydrogen-bond donors (Lipinski definition) is 2. The molecule has 0 spiro atoms. The van der Waals surface area contributed by atoms with Crippen molar-refractivity contribution in [2.45, 2.75) is 25.3 Å². The van der Waals surface area contributed by atoms with Gasteiger partial charge in [0.1, 0.15) is 0 Å². The average Bonchev–Trinajstić information content (AvgIpc) is 3.09. The van der Waals surface area contributed by atoms with Crippen molar-refractivity contribution in [3.63, 3.8) is 0 Å². The minimum absolute atomic E-state index is 0.108. The third-order valence-electron chi connectivity index (χ3n) is 2.95. The summed E-state index contributed by atoms with van der Waals surface area (Å²) < 4.78 is 0. The molecule has 0 aliphatic carbocycles. The number of carbonyl (C=O) groups is 2. The molecule has 0 fully saturated rings. The summed E-state index contributed by atoms with van der Waals surface area (Å²) in [6.07, 6.45) is -0.108. The van der Waals surface area contributed by atoms with Crippen LogP contribution in [-0.2, 0) is 9.59 Å². The molecule has 0 saturated carbocycles. The van der Waals surface area contributed by atoms with E-state index in [-0.39, 0.29) is 18.2 Å². The van der Waals surface area contributed by atoms with Crippen molar-refractivity contribution < 1.29 is 14.7 Å². The van der Waals surface area contributed by atoms with Gasteiger partial charge in [0.05, 0.1) is 18.4 Å². The normalized spacial score (nSPS) is 13.7. The van der Waals surface area contributed by atoms with Crippen LogP contribution in [0.3, 0.4) is 0 Å². The van der Waals surface area contributed by atoms with E-state index in [4.69, 9.17) is 5.11 Å². The number of aliphatic carboxylic acids is 1. The first-order valence-corrected chi connectivity index (χ1v) is 7.93. The van der Waals surface area contributed by atoms with Gasteiger partial charge >= 0.3 is 5.97 Å². The third-order valence-corrected chi connectivity index (χ3v) is 4.99.